The molecule has 0 aliphatic heterocycles. The molecule has 1 aromatic heterocycles. The zero-order chi connectivity index (χ0) is 21.6. The van der Waals surface area contributed by atoms with Crippen LogP contribution in [0.4, 0.5) is 0 Å². The Bertz CT molecular complexity index is 1080. The minimum atomic E-state index is -0.532. The Morgan fingerprint density at radius 2 is 2.10 bits per heavy atom. The maximum absolute atomic E-state index is 13.0. The smallest absolute Gasteiger partial charge is 0.337 e. The number of hydrogen-bond acceptors (Lipinski definition) is 8. The summed E-state index contributed by atoms with van der Waals surface area (Å²) in [5, 5.41) is 9.81. The summed E-state index contributed by atoms with van der Waals surface area (Å²) in [4.78, 5) is 41.6. The third-order valence-corrected chi connectivity index (χ3v) is 5.17. The van der Waals surface area contributed by atoms with Crippen LogP contribution < -0.4 is 11.3 Å². The SMILES string of the molecule is CCCCn1c(SCC(=O)/C(C#N)=C(\C)N)nc2cc(C(=O)OC)ccc2c1=O. The Labute approximate surface area is 172 Å². The number of unbranched alkanes of at least 4 members (excludes halogenated alkanes) is 1. The van der Waals surface area contributed by atoms with E-state index in [4.69, 9.17) is 15.7 Å². The number of hydrogen-bond donors (Lipinski definition) is 1. The van der Waals surface area contributed by atoms with Gasteiger partial charge in [0.15, 0.2) is 10.9 Å². The standard InChI is InChI=1S/C20H22N4O4S/c1-4-5-8-24-18(26)14-7-6-13(19(27)28-3)9-16(14)23-20(24)29-11-17(25)15(10-21)12(2)22/h6-7,9H,4-5,8,11,22H2,1-3H3/b15-12+. The maximum atomic E-state index is 13.0. The summed E-state index contributed by atoms with van der Waals surface area (Å²) in [5.41, 5.74) is 5.99. The molecule has 2 N–H and O–H groups in total. The molecule has 0 atom stereocenters. The molecule has 152 valence electrons. The summed E-state index contributed by atoms with van der Waals surface area (Å²) in [5.74, 6) is -1.05. The fourth-order valence-electron chi connectivity index (χ4n) is 2.64. The zero-order valence-corrected chi connectivity index (χ0v) is 17.3. The molecule has 0 saturated heterocycles. The second-order valence-electron chi connectivity index (χ2n) is 6.31. The van der Waals surface area contributed by atoms with Gasteiger partial charge in [-0.3, -0.25) is 14.2 Å². The number of Topliss-reactive ketones (excluding diaryl/α,β-unsaturated/α-hetero) is 1. The molecule has 8 nitrogen and oxygen atoms in total. The van der Waals surface area contributed by atoms with Crippen molar-refractivity contribution in [3.8, 4) is 6.07 Å². The Morgan fingerprint density at radius 1 is 1.38 bits per heavy atom. The van der Waals surface area contributed by atoms with E-state index in [-0.39, 0.29) is 28.1 Å². The van der Waals surface area contributed by atoms with E-state index < -0.39 is 11.8 Å². The van der Waals surface area contributed by atoms with Crippen molar-refractivity contribution in [1.29, 1.82) is 5.26 Å². The van der Waals surface area contributed by atoms with Crippen molar-refractivity contribution in [3.63, 3.8) is 0 Å². The highest BCUT2D eigenvalue weighted by atomic mass is 32.2. The third kappa shape index (κ3) is 5.03. The number of benzene rings is 1. The van der Waals surface area contributed by atoms with E-state index in [1.165, 1.54) is 30.7 Å². The molecule has 0 aliphatic carbocycles. The van der Waals surface area contributed by atoms with Gasteiger partial charge in [0.05, 0.1) is 29.3 Å². The quantitative estimate of drug-likeness (QED) is 0.229. The van der Waals surface area contributed by atoms with E-state index in [0.29, 0.717) is 22.6 Å². The van der Waals surface area contributed by atoms with Crippen LogP contribution in [0.25, 0.3) is 10.9 Å². The molecule has 1 heterocycles. The third-order valence-electron chi connectivity index (χ3n) is 4.19. The van der Waals surface area contributed by atoms with Crippen LogP contribution in [0.3, 0.4) is 0 Å². The van der Waals surface area contributed by atoms with Crippen LogP contribution in [0.15, 0.2) is 39.4 Å². The van der Waals surface area contributed by atoms with Gasteiger partial charge in [-0.25, -0.2) is 9.78 Å². The van der Waals surface area contributed by atoms with Gasteiger partial charge in [0.1, 0.15) is 11.6 Å². The minimum absolute atomic E-state index is 0.0851. The molecule has 0 saturated carbocycles. The zero-order valence-electron chi connectivity index (χ0n) is 16.5. The number of ketones is 1. The lowest BCUT2D eigenvalue weighted by molar-refractivity contribution is -0.112. The van der Waals surface area contributed by atoms with Crippen LogP contribution in [0.5, 0.6) is 0 Å². The first kappa shape index (κ1) is 22.2. The number of carbonyl (C=O) groups excluding carboxylic acids is 2. The van der Waals surface area contributed by atoms with Gasteiger partial charge < -0.3 is 10.5 Å². The monoisotopic (exact) mass is 414 g/mol. The lowest BCUT2D eigenvalue weighted by Crippen LogP contribution is -2.24. The number of methoxy groups -OCH3 is 1. The number of allylic oxidation sites excluding steroid dienone is 2. The lowest BCUT2D eigenvalue weighted by Gasteiger charge is -2.13. The molecule has 0 bridgehead atoms. The second-order valence-corrected chi connectivity index (χ2v) is 7.25. The first-order valence-electron chi connectivity index (χ1n) is 8.99. The van der Waals surface area contributed by atoms with Crippen molar-refractivity contribution >= 4 is 34.4 Å². The molecule has 29 heavy (non-hydrogen) atoms. The lowest BCUT2D eigenvalue weighted by atomic mass is 10.1. The van der Waals surface area contributed by atoms with E-state index in [1.54, 1.807) is 12.1 Å². The number of thioether (sulfide) groups is 1. The van der Waals surface area contributed by atoms with E-state index in [9.17, 15) is 14.4 Å². The van der Waals surface area contributed by atoms with Gasteiger partial charge in [0, 0.05) is 12.2 Å². The number of ether oxygens (including phenoxy) is 1. The first-order chi connectivity index (χ1) is 13.8. The van der Waals surface area contributed by atoms with Gasteiger partial charge in [-0.2, -0.15) is 5.26 Å². The summed E-state index contributed by atoms with van der Waals surface area (Å²) in [6.07, 6.45) is 1.64. The van der Waals surface area contributed by atoms with Crippen LogP contribution in [0, 0.1) is 11.3 Å². The summed E-state index contributed by atoms with van der Waals surface area (Å²) in [6, 6.07) is 6.36. The van der Waals surface area contributed by atoms with Crippen molar-refractivity contribution in [2.75, 3.05) is 12.9 Å². The van der Waals surface area contributed by atoms with Gasteiger partial charge in [0.2, 0.25) is 0 Å². The highest BCUT2D eigenvalue weighted by Crippen LogP contribution is 2.21. The van der Waals surface area contributed by atoms with Crippen molar-refractivity contribution in [2.45, 2.75) is 38.4 Å². The van der Waals surface area contributed by atoms with E-state index in [0.717, 1.165) is 24.6 Å². The average molecular weight is 414 g/mol. The van der Waals surface area contributed by atoms with Crippen molar-refractivity contribution < 1.29 is 14.3 Å². The Kier molecular flexibility index (Phi) is 7.56. The summed E-state index contributed by atoms with van der Waals surface area (Å²) in [7, 11) is 1.27. The van der Waals surface area contributed by atoms with Crippen LogP contribution in [0.2, 0.25) is 0 Å². The molecular weight excluding hydrogens is 392 g/mol. The molecule has 9 heteroatoms. The number of fused-ring (bicyclic) bond motifs is 1. The number of esters is 1. The fraction of sp³-hybridized carbons (Fsp3) is 0.350. The largest absolute Gasteiger partial charge is 0.465 e. The Hall–Kier alpha value is -3.12. The van der Waals surface area contributed by atoms with Gasteiger partial charge in [0.25, 0.3) is 5.56 Å². The fourth-order valence-corrected chi connectivity index (χ4v) is 3.54. The maximum Gasteiger partial charge on any atom is 0.337 e. The van der Waals surface area contributed by atoms with Crippen molar-refractivity contribution in [3.05, 3.63) is 45.4 Å². The number of nitrogens with two attached hydrogens (primary N) is 1. The van der Waals surface area contributed by atoms with E-state index in [2.05, 4.69) is 4.98 Å². The van der Waals surface area contributed by atoms with E-state index in [1.807, 2.05) is 6.92 Å². The Balaban J connectivity index is 2.51. The first-order valence-corrected chi connectivity index (χ1v) is 9.97. The highest BCUT2D eigenvalue weighted by Gasteiger charge is 2.17. The van der Waals surface area contributed by atoms with Gasteiger partial charge >= 0.3 is 5.97 Å². The summed E-state index contributed by atoms with van der Waals surface area (Å²) in [6.45, 7) is 3.94. The molecule has 0 spiro atoms. The highest BCUT2D eigenvalue weighted by molar-refractivity contribution is 7.99. The van der Waals surface area contributed by atoms with E-state index >= 15 is 0 Å². The number of aromatic nitrogens is 2. The Morgan fingerprint density at radius 3 is 2.69 bits per heavy atom. The number of nitriles is 1. The number of carbonyl (C=O) groups is 2. The topological polar surface area (TPSA) is 128 Å². The molecular formula is C20H22N4O4S. The predicted octanol–water partition coefficient (Wildman–Crippen LogP) is 2.40. The van der Waals surface area contributed by atoms with Crippen LogP contribution in [0.1, 0.15) is 37.0 Å². The molecule has 0 amide bonds. The minimum Gasteiger partial charge on any atom is -0.465 e. The molecule has 2 aromatic rings. The summed E-state index contributed by atoms with van der Waals surface area (Å²) >= 11 is 1.06. The number of nitrogens with zero attached hydrogens (tertiary/aromatic N) is 3. The van der Waals surface area contributed by atoms with Crippen LogP contribution in [-0.2, 0) is 16.1 Å². The average Bonchev–Trinajstić information content (AvgIpc) is 2.70. The molecule has 2 rings (SSSR count). The van der Waals surface area contributed by atoms with Crippen LogP contribution in [-0.4, -0.2) is 34.2 Å². The van der Waals surface area contributed by atoms with Crippen LogP contribution >= 0.6 is 11.8 Å². The molecule has 0 radical (unpaired) electrons. The number of rotatable bonds is 8. The molecule has 0 unspecified atom stereocenters. The molecule has 0 fully saturated rings. The normalized spacial score (nSPS) is 11.7. The second kappa shape index (κ2) is 9.89. The predicted molar refractivity (Wildman–Crippen MR) is 110 cm³/mol. The summed E-state index contributed by atoms with van der Waals surface area (Å²) < 4.78 is 6.24. The molecule has 1 aromatic carbocycles. The van der Waals surface area contributed by atoms with Crippen molar-refractivity contribution in [1.82, 2.24) is 9.55 Å². The van der Waals surface area contributed by atoms with Gasteiger partial charge in [-0.1, -0.05) is 25.1 Å². The van der Waals surface area contributed by atoms with Gasteiger partial charge in [-0.05, 0) is 31.5 Å². The van der Waals surface area contributed by atoms with Gasteiger partial charge in [-0.15, -0.1) is 0 Å². The molecule has 0 aliphatic rings. The van der Waals surface area contributed by atoms with Crippen molar-refractivity contribution in [2.24, 2.45) is 5.73 Å².